The van der Waals surface area contributed by atoms with Gasteiger partial charge in [0.2, 0.25) is 0 Å². The fourth-order valence-corrected chi connectivity index (χ4v) is 4.02. The zero-order valence-corrected chi connectivity index (χ0v) is 18.7. The molecule has 0 bridgehead atoms. The number of hydrogen-bond acceptors (Lipinski definition) is 7. The zero-order chi connectivity index (χ0) is 23.8. The summed E-state index contributed by atoms with van der Waals surface area (Å²) in [6.07, 6.45) is 9.08. The van der Waals surface area contributed by atoms with E-state index in [-0.39, 0.29) is 12.3 Å². The molecule has 0 saturated heterocycles. The molecule has 3 rings (SSSR count). The first-order valence-electron chi connectivity index (χ1n) is 9.95. The molecule has 1 N–H and O–H groups in total. The highest BCUT2D eigenvalue weighted by Crippen LogP contribution is 2.33. The van der Waals surface area contributed by atoms with Crippen LogP contribution in [0.3, 0.4) is 0 Å². The van der Waals surface area contributed by atoms with Gasteiger partial charge in [-0.3, -0.25) is 14.9 Å². The fraction of sp³-hybridized carbons (Fsp3) is 0.167. The van der Waals surface area contributed by atoms with E-state index in [0.717, 1.165) is 10.3 Å². The van der Waals surface area contributed by atoms with Crippen molar-refractivity contribution in [3.63, 3.8) is 0 Å². The number of terminal acetylenes is 1. The average molecular weight is 464 g/mol. The van der Waals surface area contributed by atoms with Gasteiger partial charge in [0.25, 0.3) is 11.6 Å². The topological polar surface area (TPSA) is 103 Å². The van der Waals surface area contributed by atoms with E-state index in [4.69, 9.17) is 15.9 Å². The molecule has 0 atom stereocenters. The van der Waals surface area contributed by atoms with Crippen molar-refractivity contribution in [2.45, 2.75) is 13.3 Å². The zero-order valence-electron chi connectivity index (χ0n) is 17.9. The monoisotopic (exact) mass is 463 g/mol. The Morgan fingerprint density at radius 3 is 2.85 bits per heavy atom. The predicted octanol–water partition coefficient (Wildman–Crippen LogP) is 4.71. The number of carbonyl (C=O) groups is 1. The summed E-state index contributed by atoms with van der Waals surface area (Å²) in [4.78, 5) is 23.4. The number of rotatable bonds is 10. The molecule has 0 radical (unpaired) electrons. The lowest BCUT2D eigenvalue weighted by molar-refractivity contribution is -0.384. The second-order valence-corrected chi connectivity index (χ2v) is 7.80. The van der Waals surface area contributed by atoms with Gasteiger partial charge in [-0.1, -0.05) is 12.0 Å². The number of ether oxygens (including phenoxy) is 2. The summed E-state index contributed by atoms with van der Waals surface area (Å²) in [6, 6.07) is 9.67. The normalized spacial score (nSPS) is 10.7. The number of nitrogens with one attached hydrogen (secondary N) is 1. The van der Waals surface area contributed by atoms with Crippen LogP contribution in [0.5, 0.6) is 11.5 Å². The number of carbonyl (C=O) groups excluding carboxylic acids is 1. The smallest absolute Gasteiger partial charge is 0.281 e. The van der Waals surface area contributed by atoms with Gasteiger partial charge in [-0.25, -0.2) is 5.43 Å². The number of nitro benzene ring substituents is 1. The molecule has 9 heteroatoms. The Hall–Kier alpha value is -4.16. The van der Waals surface area contributed by atoms with Gasteiger partial charge in [-0.15, -0.1) is 24.3 Å². The van der Waals surface area contributed by atoms with Gasteiger partial charge in [0.05, 0.1) is 22.6 Å². The van der Waals surface area contributed by atoms with Crippen LogP contribution in [-0.2, 0) is 6.42 Å². The molecule has 2 aromatic carbocycles. The summed E-state index contributed by atoms with van der Waals surface area (Å²) in [6.45, 7) is 6.17. The lowest BCUT2D eigenvalue weighted by Gasteiger charge is -2.15. The van der Waals surface area contributed by atoms with Crippen LogP contribution in [0.25, 0.3) is 10.1 Å². The van der Waals surface area contributed by atoms with Crippen LogP contribution >= 0.6 is 11.3 Å². The maximum Gasteiger partial charge on any atom is 0.281 e. The summed E-state index contributed by atoms with van der Waals surface area (Å²) < 4.78 is 12.1. The third kappa shape index (κ3) is 5.75. The summed E-state index contributed by atoms with van der Waals surface area (Å²) in [7, 11) is 0. The SMILES string of the molecule is C#CCOc1c(CC=C)cc(C=NNC(=O)c2cc3cc([N+](=O)[O-])ccc3s2)cc1OCC. The molecule has 3 aromatic rings. The molecule has 1 aromatic heterocycles. The van der Waals surface area contributed by atoms with E-state index in [0.29, 0.717) is 40.4 Å². The van der Waals surface area contributed by atoms with Crippen molar-refractivity contribution in [2.75, 3.05) is 13.2 Å². The van der Waals surface area contributed by atoms with Crippen molar-refractivity contribution < 1.29 is 19.2 Å². The minimum absolute atomic E-state index is 0.0274. The van der Waals surface area contributed by atoms with Crippen molar-refractivity contribution in [1.29, 1.82) is 0 Å². The number of hydrazone groups is 1. The Kier molecular flexibility index (Phi) is 7.78. The van der Waals surface area contributed by atoms with Crippen molar-refractivity contribution in [3.05, 3.63) is 75.2 Å². The summed E-state index contributed by atoms with van der Waals surface area (Å²) in [5, 5.41) is 15.6. The third-order valence-corrected chi connectivity index (χ3v) is 5.55. The first-order chi connectivity index (χ1) is 16.0. The summed E-state index contributed by atoms with van der Waals surface area (Å²) >= 11 is 1.23. The molecule has 0 spiro atoms. The molecule has 0 unspecified atom stereocenters. The average Bonchev–Trinajstić information content (AvgIpc) is 3.22. The molecule has 1 heterocycles. The fourth-order valence-electron chi connectivity index (χ4n) is 3.08. The minimum Gasteiger partial charge on any atom is -0.490 e. The molecule has 0 aliphatic rings. The van der Waals surface area contributed by atoms with Crippen molar-refractivity contribution in [3.8, 4) is 23.8 Å². The van der Waals surface area contributed by atoms with Gasteiger partial charge in [0, 0.05) is 27.8 Å². The number of hydrogen-bond donors (Lipinski definition) is 1. The predicted molar refractivity (Wildman–Crippen MR) is 129 cm³/mol. The molecule has 1 amide bonds. The summed E-state index contributed by atoms with van der Waals surface area (Å²) in [5.41, 5.74) is 3.97. The Balaban J connectivity index is 1.80. The maximum absolute atomic E-state index is 12.5. The molecule has 0 fully saturated rings. The number of nitro groups is 1. The largest absolute Gasteiger partial charge is 0.490 e. The second kappa shape index (κ2) is 10.9. The van der Waals surface area contributed by atoms with E-state index in [9.17, 15) is 14.9 Å². The van der Waals surface area contributed by atoms with Crippen LogP contribution < -0.4 is 14.9 Å². The molecular formula is C24H21N3O5S. The molecular weight excluding hydrogens is 442 g/mol. The van der Waals surface area contributed by atoms with Crippen LogP contribution in [-0.4, -0.2) is 30.3 Å². The Morgan fingerprint density at radius 2 is 2.15 bits per heavy atom. The molecule has 168 valence electrons. The number of benzene rings is 2. The standard InChI is InChI=1S/C24H21N3O5S/c1-4-7-17-11-16(12-20(31-6-3)23(17)32-10-5-2)15-25-26-24(28)22-14-18-13-19(27(29)30)8-9-21(18)33-22/h2,4,8-9,11-15H,1,6-7,10H2,3H3,(H,26,28). The molecule has 0 saturated carbocycles. The van der Waals surface area contributed by atoms with Gasteiger partial charge >= 0.3 is 0 Å². The van der Waals surface area contributed by atoms with Crippen LogP contribution in [0, 0.1) is 22.5 Å². The van der Waals surface area contributed by atoms with Crippen molar-refractivity contribution >= 4 is 39.2 Å². The van der Waals surface area contributed by atoms with Crippen LogP contribution in [0.2, 0.25) is 0 Å². The maximum atomic E-state index is 12.5. The van der Waals surface area contributed by atoms with Crippen molar-refractivity contribution in [1.82, 2.24) is 5.43 Å². The number of non-ortho nitro benzene ring substituents is 1. The lowest BCUT2D eigenvalue weighted by atomic mass is 10.1. The van der Waals surface area contributed by atoms with E-state index < -0.39 is 10.8 Å². The Labute approximate surface area is 194 Å². The number of fused-ring (bicyclic) bond motifs is 1. The first-order valence-corrected chi connectivity index (χ1v) is 10.8. The highest BCUT2D eigenvalue weighted by atomic mass is 32.1. The molecule has 0 aliphatic carbocycles. The Bertz CT molecular complexity index is 1270. The van der Waals surface area contributed by atoms with E-state index in [1.165, 1.54) is 29.7 Å². The molecule has 0 aliphatic heterocycles. The quantitative estimate of drug-likeness (QED) is 0.154. The number of thiophene rings is 1. The van der Waals surface area contributed by atoms with Gasteiger partial charge < -0.3 is 9.47 Å². The van der Waals surface area contributed by atoms with Gasteiger partial charge in [-0.2, -0.15) is 5.10 Å². The molecule has 8 nitrogen and oxygen atoms in total. The van der Waals surface area contributed by atoms with Gasteiger partial charge in [0.1, 0.15) is 6.61 Å². The minimum atomic E-state index is -0.471. The summed E-state index contributed by atoms with van der Waals surface area (Å²) in [5.74, 6) is 3.09. The first kappa shape index (κ1) is 23.5. The third-order valence-electron chi connectivity index (χ3n) is 4.43. The Morgan fingerprint density at radius 1 is 1.33 bits per heavy atom. The lowest BCUT2D eigenvalue weighted by Crippen LogP contribution is -2.16. The van der Waals surface area contributed by atoms with E-state index in [1.54, 1.807) is 24.3 Å². The van der Waals surface area contributed by atoms with Crippen LogP contribution in [0.1, 0.15) is 27.7 Å². The number of allylic oxidation sites excluding steroid dienone is 1. The van der Waals surface area contributed by atoms with E-state index in [2.05, 4.69) is 23.0 Å². The van der Waals surface area contributed by atoms with Gasteiger partial charge in [-0.05, 0) is 43.2 Å². The highest BCUT2D eigenvalue weighted by Gasteiger charge is 2.14. The van der Waals surface area contributed by atoms with Gasteiger partial charge in [0.15, 0.2) is 11.5 Å². The van der Waals surface area contributed by atoms with Crippen LogP contribution in [0.15, 0.2) is 54.2 Å². The number of nitrogens with zero attached hydrogens (tertiary/aromatic N) is 2. The number of amides is 1. The second-order valence-electron chi connectivity index (χ2n) is 6.71. The van der Waals surface area contributed by atoms with Crippen molar-refractivity contribution in [2.24, 2.45) is 5.10 Å². The van der Waals surface area contributed by atoms with E-state index >= 15 is 0 Å². The van der Waals surface area contributed by atoms with E-state index in [1.807, 2.05) is 13.0 Å². The molecule has 33 heavy (non-hydrogen) atoms. The highest BCUT2D eigenvalue weighted by molar-refractivity contribution is 7.20. The van der Waals surface area contributed by atoms with Crippen LogP contribution in [0.4, 0.5) is 5.69 Å².